The summed E-state index contributed by atoms with van der Waals surface area (Å²) in [5.41, 5.74) is 0.312. The highest BCUT2D eigenvalue weighted by Gasteiger charge is 1.97. The second kappa shape index (κ2) is 4.09. The van der Waals surface area contributed by atoms with Crippen molar-refractivity contribution in [3.63, 3.8) is 0 Å². The molecule has 0 fully saturated rings. The van der Waals surface area contributed by atoms with Crippen LogP contribution in [0.1, 0.15) is 18.5 Å². The third-order valence-corrected chi connectivity index (χ3v) is 1.33. The quantitative estimate of drug-likeness (QED) is 0.603. The fourth-order valence-corrected chi connectivity index (χ4v) is 0.779. The van der Waals surface area contributed by atoms with Crippen LogP contribution in [0.4, 0.5) is 0 Å². The van der Waals surface area contributed by atoms with Gasteiger partial charge in [0.25, 0.3) is 0 Å². The number of rotatable bonds is 3. The lowest BCUT2D eigenvalue weighted by Gasteiger charge is -1.93. The molecule has 1 heterocycles. The molecule has 5 nitrogen and oxygen atoms in total. The zero-order valence-electron chi connectivity index (χ0n) is 6.43. The highest BCUT2D eigenvalue weighted by atomic mass is 15.4. The van der Waals surface area contributed by atoms with E-state index >= 15 is 0 Å². The van der Waals surface area contributed by atoms with Crippen molar-refractivity contribution in [2.75, 3.05) is 0 Å². The van der Waals surface area contributed by atoms with Crippen LogP contribution in [0.15, 0.2) is 6.20 Å². The second-order valence-electron chi connectivity index (χ2n) is 2.24. The van der Waals surface area contributed by atoms with Gasteiger partial charge in [-0.1, -0.05) is 5.21 Å². The molecule has 0 aliphatic carbocycles. The van der Waals surface area contributed by atoms with Crippen molar-refractivity contribution < 1.29 is 0 Å². The monoisotopic (exact) mass is 161 g/mol. The van der Waals surface area contributed by atoms with Gasteiger partial charge in [0.05, 0.1) is 12.3 Å². The van der Waals surface area contributed by atoms with E-state index in [4.69, 9.17) is 10.5 Å². The van der Waals surface area contributed by atoms with Gasteiger partial charge in [0.1, 0.15) is 6.07 Å². The van der Waals surface area contributed by atoms with E-state index in [2.05, 4.69) is 10.3 Å². The summed E-state index contributed by atoms with van der Waals surface area (Å²) in [4.78, 5) is 0. The number of unbranched alkanes of at least 4 members (excludes halogenated alkanes) is 1. The van der Waals surface area contributed by atoms with Crippen molar-refractivity contribution in [1.29, 1.82) is 10.5 Å². The summed E-state index contributed by atoms with van der Waals surface area (Å²) >= 11 is 0. The molecule has 1 aromatic heterocycles. The average Bonchev–Trinajstić information content (AvgIpc) is 2.53. The number of nitriles is 2. The van der Waals surface area contributed by atoms with Gasteiger partial charge in [-0.3, -0.25) is 4.68 Å². The van der Waals surface area contributed by atoms with E-state index in [1.54, 1.807) is 10.9 Å². The Morgan fingerprint density at radius 3 is 2.92 bits per heavy atom. The molecule has 0 aliphatic rings. The summed E-state index contributed by atoms with van der Waals surface area (Å²) in [6.07, 6.45) is 2.81. The molecule has 12 heavy (non-hydrogen) atoms. The minimum atomic E-state index is 0.312. The fraction of sp³-hybridized carbons (Fsp3) is 0.429. The van der Waals surface area contributed by atoms with Crippen molar-refractivity contribution in [3.8, 4) is 12.1 Å². The molecule has 0 aliphatic heterocycles. The lowest BCUT2D eigenvalue weighted by atomic mass is 10.3. The van der Waals surface area contributed by atoms with E-state index in [-0.39, 0.29) is 0 Å². The second-order valence-corrected chi connectivity index (χ2v) is 2.24. The molecule has 0 radical (unpaired) electrons. The third-order valence-electron chi connectivity index (χ3n) is 1.33. The fourth-order valence-electron chi connectivity index (χ4n) is 0.779. The lowest BCUT2D eigenvalue weighted by molar-refractivity contribution is 0.564. The molecule has 0 saturated carbocycles. The van der Waals surface area contributed by atoms with Crippen LogP contribution in [0.25, 0.3) is 0 Å². The van der Waals surface area contributed by atoms with Gasteiger partial charge in [-0.2, -0.15) is 10.5 Å². The molecule has 60 valence electrons. The first-order valence-electron chi connectivity index (χ1n) is 3.54. The van der Waals surface area contributed by atoms with E-state index in [1.807, 2.05) is 12.1 Å². The minimum absolute atomic E-state index is 0.312. The number of aryl methyl sites for hydroxylation is 1. The largest absolute Gasteiger partial charge is 0.251 e. The molecule has 0 aromatic carbocycles. The number of hydrogen-bond acceptors (Lipinski definition) is 4. The van der Waals surface area contributed by atoms with Crippen molar-refractivity contribution in [3.05, 3.63) is 11.9 Å². The maximum Gasteiger partial charge on any atom is 0.182 e. The average molecular weight is 161 g/mol. The maximum atomic E-state index is 8.40. The van der Waals surface area contributed by atoms with Gasteiger partial charge in [0, 0.05) is 13.0 Å². The van der Waals surface area contributed by atoms with Crippen LogP contribution in [0, 0.1) is 22.7 Å². The molecule has 0 amide bonds. The van der Waals surface area contributed by atoms with Crippen molar-refractivity contribution >= 4 is 0 Å². The first-order valence-corrected chi connectivity index (χ1v) is 3.54. The van der Waals surface area contributed by atoms with Gasteiger partial charge in [0.15, 0.2) is 5.69 Å². The van der Waals surface area contributed by atoms with Crippen LogP contribution in [-0.4, -0.2) is 15.0 Å². The third kappa shape index (κ3) is 2.06. The Labute approximate surface area is 69.8 Å². The summed E-state index contributed by atoms with van der Waals surface area (Å²) in [7, 11) is 0. The van der Waals surface area contributed by atoms with Gasteiger partial charge in [-0.25, -0.2) is 0 Å². The van der Waals surface area contributed by atoms with E-state index in [1.165, 1.54) is 0 Å². The predicted octanol–water partition coefficient (Wildman–Crippen LogP) is 0.454. The van der Waals surface area contributed by atoms with E-state index in [0.29, 0.717) is 18.7 Å². The standard InChI is InChI=1S/C7H7N5/c8-3-1-2-4-12-6-7(5-9)10-11-12/h6H,1-2,4H2. The van der Waals surface area contributed by atoms with E-state index in [0.717, 1.165) is 6.42 Å². The van der Waals surface area contributed by atoms with Crippen molar-refractivity contribution in [1.82, 2.24) is 15.0 Å². The van der Waals surface area contributed by atoms with Crippen LogP contribution in [-0.2, 0) is 6.54 Å². The molecule has 0 N–H and O–H groups in total. The van der Waals surface area contributed by atoms with Crippen molar-refractivity contribution in [2.24, 2.45) is 0 Å². The molecular formula is C7H7N5. The zero-order valence-corrected chi connectivity index (χ0v) is 6.43. The van der Waals surface area contributed by atoms with Crippen LogP contribution < -0.4 is 0 Å². The first-order chi connectivity index (χ1) is 5.86. The highest BCUT2D eigenvalue weighted by molar-refractivity contribution is 5.12. The molecule has 0 spiro atoms. The van der Waals surface area contributed by atoms with Gasteiger partial charge >= 0.3 is 0 Å². The summed E-state index contributed by atoms with van der Waals surface area (Å²) in [5.74, 6) is 0. The number of hydrogen-bond donors (Lipinski definition) is 0. The molecule has 1 aromatic rings. The molecule has 0 saturated heterocycles. The lowest BCUT2D eigenvalue weighted by Crippen LogP contribution is -1.97. The van der Waals surface area contributed by atoms with Gasteiger partial charge < -0.3 is 0 Å². The zero-order chi connectivity index (χ0) is 8.81. The smallest absolute Gasteiger partial charge is 0.182 e. The minimum Gasteiger partial charge on any atom is -0.251 e. The van der Waals surface area contributed by atoms with Gasteiger partial charge in [-0.05, 0) is 6.42 Å². The Balaban J connectivity index is 2.44. The van der Waals surface area contributed by atoms with Crippen molar-refractivity contribution in [2.45, 2.75) is 19.4 Å². The molecule has 5 heteroatoms. The highest BCUT2D eigenvalue weighted by Crippen LogP contribution is 1.94. The Hall–Kier alpha value is -1.88. The van der Waals surface area contributed by atoms with Gasteiger partial charge in [0.2, 0.25) is 0 Å². The molecular weight excluding hydrogens is 154 g/mol. The topological polar surface area (TPSA) is 78.3 Å². The Morgan fingerprint density at radius 1 is 1.50 bits per heavy atom. The summed E-state index contributed by atoms with van der Waals surface area (Å²) in [6.45, 7) is 0.641. The van der Waals surface area contributed by atoms with Crippen LogP contribution in [0.5, 0.6) is 0 Å². The molecule has 1 rings (SSSR count). The Kier molecular flexibility index (Phi) is 2.80. The summed E-state index contributed by atoms with van der Waals surface area (Å²) in [5, 5.41) is 23.9. The van der Waals surface area contributed by atoms with E-state index < -0.39 is 0 Å². The van der Waals surface area contributed by atoms with Gasteiger partial charge in [-0.15, -0.1) is 5.10 Å². The van der Waals surface area contributed by atoms with E-state index in [9.17, 15) is 0 Å². The SMILES string of the molecule is N#CCCCn1cc(C#N)nn1. The normalized spacial score (nSPS) is 8.83. The van der Waals surface area contributed by atoms with Crippen LogP contribution in [0.3, 0.4) is 0 Å². The number of aromatic nitrogens is 3. The summed E-state index contributed by atoms with van der Waals surface area (Å²) < 4.78 is 1.57. The predicted molar refractivity (Wildman–Crippen MR) is 39.6 cm³/mol. The van der Waals surface area contributed by atoms with Crippen LogP contribution >= 0.6 is 0 Å². The summed E-state index contributed by atoms with van der Waals surface area (Å²) in [6, 6.07) is 3.91. The maximum absolute atomic E-state index is 8.40. The first kappa shape index (κ1) is 8.22. The Bertz CT molecular complexity index is 326. The van der Waals surface area contributed by atoms with Crippen LogP contribution in [0.2, 0.25) is 0 Å². The molecule has 0 atom stereocenters. The molecule has 0 bridgehead atoms. The molecule has 0 unspecified atom stereocenters. The Morgan fingerprint density at radius 2 is 2.33 bits per heavy atom. The number of nitrogens with zero attached hydrogens (tertiary/aromatic N) is 5.